The Bertz CT molecular complexity index is 1090. The minimum Gasteiger partial charge on any atom is -0.383 e. The van der Waals surface area contributed by atoms with E-state index < -0.39 is 5.91 Å². The molecule has 148 valence electrons. The number of nitrogens with one attached hydrogen (secondary N) is 1. The molecular formula is C23H22ClN3O2. The number of fused-ring (bicyclic) bond motifs is 1. The van der Waals surface area contributed by atoms with Crippen molar-refractivity contribution in [1.29, 1.82) is 5.26 Å². The third-order valence-electron chi connectivity index (χ3n) is 4.78. The van der Waals surface area contributed by atoms with E-state index in [1.54, 1.807) is 13.2 Å². The predicted molar refractivity (Wildman–Crippen MR) is 116 cm³/mol. The first-order chi connectivity index (χ1) is 14.0. The second-order valence-corrected chi connectivity index (χ2v) is 7.08. The van der Waals surface area contributed by atoms with Crippen LogP contribution in [0.5, 0.6) is 0 Å². The molecule has 0 aliphatic carbocycles. The molecule has 29 heavy (non-hydrogen) atoms. The minimum absolute atomic E-state index is 0.0681. The third-order valence-corrected chi connectivity index (χ3v) is 5.03. The number of ether oxygens (including phenoxy) is 1. The zero-order valence-corrected chi connectivity index (χ0v) is 17.2. The fraction of sp³-hybridized carbons (Fsp3) is 0.217. The van der Waals surface area contributed by atoms with Crippen LogP contribution in [0.4, 0.5) is 0 Å². The fourth-order valence-corrected chi connectivity index (χ4v) is 3.40. The standard InChI is InChI=1S/C23H22ClN3O2/c1-16-21(13-18(14-25)23(28)26-11-12-29-2)20-5-3-4-6-22(20)27(16)15-17-7-9-19(24)10-8-17/h3-10,13H,11-12,15H2,1-2H3,(H,26,28)/b18-13+. The van der Waals surface area contributed by atoms with Crippen molar-refractivity contribution < 1.29 is 9.53 Å². The molecule has 3 aromatic rings. The average Bonchev–Trinajstić information content (AvgIpc) is 2.99. The van der Waals surface area contributed by atoms with E-state index in [1.165, 1.54) is 0 Å². The van der Waals surface area contributed by atoms with Crippen LogP contribution >= 0.6 is 11.6 Å². The number of hydrogen-bond acceptors (Lipinski definition) is 3. The highest BCUT2D eigenvalue weighted by Crippen LogP contribution is 2.29. The van der Waals surface area contributed by atoms with E-state index in [0.29, 0.717) is 24.7 Å². The van der Waals surface area contributed by atoms with Gasteiger partial charge >= 0.3 is 0 Å². The average molecular weight is 408 g/mol. The van der Waals surface area contributed by atoms with E-state index in [2.05, 4.69) is 9.88 Å². The summed E-state index contributed by atoms with van der Waals surface area (Å²) in [4.78, 5) is 12.4. The molecule has 1 heterocycles. The Morgan fingerprint density at radius 1 is 1.24 bits per heavy atom. The van der Waals surface area contributed by atoms with Gasteiger partial charge in [-0.1, -0.05) is 41.9 Å². The first kappa shape index (κ1) is 20.7. The normalized spacial score (nSPS) is 11.4. The highest BCUT2D eigenvalue weighted by Gasteiger charge is 2.16. The number of aromatic nitrogens is 1. The topological polar surface area (TPSA) is 67.0 Å². The van der Waals surface area contributed by atoms with Crippen molar-refractivity contribution >= 4 is 34.5 Å². The molecule has 6 heteroatoms. The van der Waals surface area contributed by atoms with Crippen LogP contribution in [-0.2, 0) is 16.1 Å². The largest absolute Gasteiger partial charge is 0.383 e. The van der Waals surface area contributed by atoms with Crippen molar-refractivity contribution in [2.45, 2.75) is 13.5 Å². The van der Waals surface area contributed by atoms with Gasteiger partial charge in [-0.05, 0) is 36.8 Å². The number of hydrogen-bond donors (Lipinski definition) is 1. The Labute approximate surface area is 175 Å². The minimum atomic E-state index is -0.404. The number of carbonyl (C=O) groups excluding carboxylic acids is 1. The maximum atomic E-state index is 12.4. The van der Waals surface area contributed by atoms with Gasteiger partial charge in [-0.25, -0.2) is 0 Å². The Balaban J connectivity index is 2.02. The SMILES string of the molecule is COCCNC(=O)/C(C#N)=C/c1c(C)n(Cc2ccc(Cl)cc2)c2ccccc12. The van der Waals surface area contributed by atoms with Crippen LogP contribution in [0.2, 0.25) is 5.02 Å². The quantitative estimate of drug-likeness (QED) is 0.360. The van der Waals surface area contributed by atoms with Crippen LogP contribution in [-0.4, -0.2) is 30.7 Å². The van der Waals surface area contributed by atoms with Crippen LogP contribution in [0, 0.1) is 18.3 Å². The summed E-state index contributed by atoms with van der Waals surface area (Å²) >= 11 is 6.00. The van der Waals surface area contributed by atoms with Gasteiger partial charge < -0.3 is 14.6 Å². The smallest absolute Gasteiger partial charge is 0.262 e. The number of methoxy groups -OCH3 is 1. The van der Waals surface area contributed by atoms with Gasteiger partial charge in [-0.15, -0.1) is 0 Å². The molecule has 0 atom stereocenters. The van der Waals surface area contributed by atoms with Crippen molar-refractivity contribution in [3.8, 4) is 6.07 Å². The molecule has 0 spiro atoms. The van der Waals surface area contributed by atoms with Crippen molar-refractivity contribution in [2.24, 2.45) is 0 Å². The molecule has 3 rings (SSSR count). The van der Waals surface area contributed by atoms with Crippen molar-refractivity contribution in [3.63, 3.8) is 0 Å². The monoisotopic (exact) mass is 407 g/mol. The summed E-state index contributed by atoms with van der Waals surface area (Å²) in [5.74, 6) is -0.404. The van der Waals surface area contributed by atoms with Crippen LogP contribution in [0.3, 0.4) is 0 Å². The molecule has 0 aliphatic heterocycles. The van der Waals surface area contributed by atoms with Crippen LogP contribution in [0.15, 0.2) is 54.1 Å². The fourth-order valence-electron chi connectivity index (χ4n) is 3.27. The van der Waals surface area contributed by atoms with Gasteiger partial charge in [0, 0.05) is 47.4 Å². The Morgan fingerprint density at radius 3 is 2.66 bits per heavy atom. The molecule has 1 amide bonds. The first-order valence-electron chi connectivity index (χ1n) is 9.26. The zero-order valence-electron chi connectivity index (χ0n) is 16.4. The lowest BCUT2D eigenvalue weighted by atomic mass is 10.1. The molecule has 0 aliphatic rings. The van der Waals surface area contributed by atoms with E-state index in [9.17, 15) is 10.1 Å². The van der Waals surface area contributed by atoms with Crippen molar-refractivity contribution in [1.82, 2.24) is 9.88 Å². The van der Waals surface area contributed by atoms with Crippen LogP contribution in [0.1, 0.15) is 16.8 Å². The molecule has 1 aromatic heterocycles. The van der Waals surface area contributed by atoms with Gasteiger partial charge in [0.15, 0.2) is 0 Å². The molecular weight excluding hydrogens is 386 g/mol. The molecule has 0 radical (unpaired) electrons. The van der Waals surface area contributed by atoms with Gasteiger partial charge in [-0.2, -0.15) is 5.26 Å². The highest BCUT2D eigenvalue weighted by molar-refractivity contribution is 6.30. The van der Waals surface area contributed by atoms with Crippen molar-refractivity contribution in [3.05, 3.63) is 75.9 Å². The Kier molecular flexibility index (Phi) is 6.71. The van der Waals surface area contributed by atoms with E-state index in [0.717, 1.165) is 27.7 Å². The molecule has 5 nitrogen and oxygen atoms in total. The Hall–Kier alpha value is -3.07. The van der Waals surface area contributed by atoms with E-state index in [4.69, 9.17) is 16.3 Å². The molecule has 1 N–H and O–H groups in total. The highest BCUT2D eigenvalue weighted by atomic mass is 35.5. The summed E-state index contributed by atoms with van der Waals surface area (Å²) in [6.45, 7) is 3.41. The molecule has 0 unspecified atom stereocenters. The molecule has 0 saturated heterocycles. The predicted octanol–water partition coefficient (Wildman–Crippen LogP) is 4.32. The number of nitrogens with zero attached hydrogens (tertiary/aromatic N) is 2. The molecule has 0 fully saturated rings. The first-order valence-corrected chi connectivity index (χ1v) is 9.64. The molecule has 2 aromatic carbocycles. The number of carbonyl (C=O) groups is 1. The van der Waals surface area contributed by atoms with Crippen LogP contribution < -0.4 is 5.32 Å². The third kappa shape index (κ3) is 4.68. The van der Waals surface area contributed by atoms with Gasteiger partial charge in [0.05, 0.1) is 6.61 Å². The van der Waals surface area contributed by atoms with E-state index >= 15 is 0 Å². The summed E-state index contributed by atoms with van der Waals surface area (Å²) in [6, 6.07) is 17.7. The maximum Gasteiger partial charge on any atom is 0.262 e. The van der Waals surface area contributed by atoms with E-state index in [1.807, 2.05) is 61.5 Å². The maximum absolute atomic E-state index is 12.4. The summed E-state index contributed by atoms with van der Waals surface area (Å²) in [5, 5.41) is 13.9. The number of nitriles is 1. The zero-order chi connectivity index (χ0) is 20.8. The van der Waals surface area contributed by atoms with Gasteiger partial charge in [0.2, 0.25) is 0 Å². The number of rotatable bonds is 7. The van der Waals surface area contributed by atoms with Gasteiger partial charge in [0.25, 0.3) is 5.91 Å². The summed E-state index contributed by atoms with van der Waals surface area (Å²) < 4.78 is 7.12. The lowest BCUT2D eigenvalue weighted by molar-refractivity contribution is -0.117. The van der Waals surface area contributed by atoms with Gasteiger partial charge in [-0.3, -0.25) is 4.79 Å². The number of halogens is 1. The van der Waals surface area contributed by atoms with Crippen LogP contribution in [0.25, 0.3) is 17.0 Å². The summed E-state index contributed by atoms with van der Waals surface area (Å²) in [5.41, 5.74) is 4.08. The second-order valence-electron chi connectivity index (χ2n) is 6.65. The summed E-state index contributed by atoms with van der Waals surface area (Å²) in [6.07, 6.45) is 1.66. The molecule has 0 saturated carbocycles. The number of para-hydroxylation sites is 1. The van der Waals surface area contributed by atoms with Gasteiger partial charge in [0.1, 0.15) is 11.6 Å². The molecule has 0 bridgehead atoms. The summed E-state index contributed by atoms with van der Waals surface area (Å²) in [7, 11) is 1.56. The number of amides is 1. The van der Waals surface area contributed by atoms with Crippen molar-refractivity contribution in [2.75, 3.05) is 20.3 Å². The lowest BCUT2D eigenvalue weighted by Gasteiger charge is -2.09. The Morgan fingerprint density at radius 2 is 1.97 bits per heavy atom. The van der Waals surface area contributed by atoms with E-state index in [-0.39, 0.29) is 5.57 Å². The second kappa shape index (κ2) is 9.42. The number of benzene rings is 2. The lowest BCUT2D eigenvalue weighted by Crippen LogP contribution is -2.27.